The fourth-order valence-electron chi connectivity index (χ4n) is 1.62. The van der Waals surface area contributed by atoms with Gasteiger partial charge in [-0.1, -0.05) is 0 Å². The largest absolute Gasteiger partial charge is 0.396 e. The maximum absolute atomic E-state index is 8.78. The molecule has 0 bridgehead atoms. The van der Waals surface area contributed by atoms with Crippen LogP contribution in [0.25, 0.3) is 10.9 Å². The number of rotatable bonds is 4. The molecular formula is C11H15N3O. The minimum Gasteiger partial charge on any atom is -0.396 e. The highest BCUT2D eigenvalue weighted by Gasteiger charge is 2.02. The Hall–Kier alpha value is -1.55. The number of nitrogens with zero attached hydrogens (tertiary/aromatic N) is 2. The van der Waals surface area contributed by atoms with Gasteiger partial charge in [-0.05, 0) is 24.6 Å². The quantitative estimate of drug-likeness (QED) is 0.794. The lowest BCUT2D eigenvalue weighted by Crippen LogP contribution is -2.01. The van der Waals surface area contributed by atoms with Gasteiger partial charge in [-0.2, -0.15) is 5.10 Å². The molecule has 0 fully saturated rings. The first kappa shape index (κ1) is 9.98. The van der Waals surface area contributed by atoms with Crippen LogP contribution in [-0.2, 0) is 6.54 Å². The second-order valence-corrected chi connectivity index (χ2v) is 3.47. The average Bonchev–Trinajstić information content (AvgIpc) is 2.68. The second kappa shape index (κ2) is 4.31. The zero-order valence-electron chi connectivity index (χ0n) is 8.77. The van der Waals surface area contributed by atoms with Gasteiger partial charge < -0.3 is 10.4 Å². The average molecular weight is 205 g/mol. The predicted molar refractivity (Wildman–Crippen MR) is 61.0 cm³/mol. The maximum Gasteiger partial charge on any atom is 0.0702 e. The SMILES string of the molecule is CNc1ccc2cnn(CCCO)c2c1. The molecule has 0 saturated carbocycles. The van der Waals surface area contributed by atoms with Crippen molar-refractivity contribution in [3.8, 4) is 0 Å². The topological polar surface area (TPSA) is 50.1 Å². The van der Waals surface area contributed by atoms with Crippen molar-refractivity contribution in [1.29, 1.82) is 0 Å². The number of aliphatic hydroxyl groups is 1. The molecule has 0 amide bonds. The Labute approximate surface area is 88.5 Å². The molecule has 1 aromatic heterocycles. The summed E-state index contributed by atoms with van der Waals surface area (Å²) in [6.45, 7) is 0.959. The molecule has 1 heterocycles. The van der Waals surface area contributed by atoms with E-state index in [0.29, 0.717) is 0 Å². The van der Waals surface area contributed by atoms with Crippen LogP contribution in [0.5, 0.6) is 0 Å². The lowest BCUT2D eigenvalue weighted by Gasteiger charge is -2.03. The summed E-state index contributed by atoms with van der Waals surface area (Å²) >= 11 is 0. The summed E-state index contributed by atoms with van der Waals surface area (Å²) in [5.74, 6) is 0. The van der Waals surface area contributed by atoms with Gasteiger partial charge in [0.1, 0.15) is 0 Å². The molecule has 80 valence electrons. The van der Waals surface area contributed by atoms with Crippen molar-refractivity contribution in [2.24, 2.45) is 0 Å². The van der Waals surface area contributed by atoms with E-state index in [1.165, 1.54) is 0 Å². The third-order valence-corrected chi connectivity index (χ3v) is 2.46. The second-order valence-electron chi connectivity index (χ2n) is 3.47. The van der Waals surface area contributed by atoms with E-state index in [1.807, 2.05) is 30.1 Å². The number of hydrogen-bond acceptors (Lipinski definition) is 3. The van der Waals surface area contributed by atoms with Gasteiger partial charge >= 0.3 is 0 Å². The van der Waals surface area contributed by atoms with Crippen LogP contribution in [0.1, 0.15) is 6.42 Å². The Morgan fingerprint density at radius 1 is 1.47 bits per heavy atom. The maximum atomic E-state index is 8.78. The van der Waals surface area contributed by atoms with Gasteiger partial charge in [-0.3, -0.25) is 4.68 Å². The Morgan fingerprint density at radius 2 is 2.33 bits per heavy atom. The van der Waals surface area contributed by atoms with Crippen molar-refractivity contribution in [1.82, 2.24) is 9.78 Å². The van der Waals surface area contributed by atoms with E-state index in [-0.39, 0.29) is 6.61 Å². The fourth-order valence-corrected chi connectivity index (χ4v) is 1.62. The van der Waals surface area contributed by atoms with E-state index in [2.05, 4.69) is 16.5 Å². The molecule has 0 atom stereocenters. The summed E-state index contributed by atoms with van der Waals surface area (Å²) < 4.78 is 1.92. The molecule has 0 aliphatic carbocycles. The lowest BCUT2D eigenvalue weighted by molar-refractivity contribution is 0.278. The Kier molecular flexibility index (Phi) is 2.87. The van der Waals surface area contributed by atoms with Crippen LogP contribution >= 0.6 is 0 Å². The minimum absolute atomic E-state index is 0.201. The number of anilines is 1. The first-order chi connectivity index (χ1) is 7.35. The molecule has 0 saturated heterocycles. The summed E-state index contributed by atoms with van der Waals surface area (Å²) in [4.78, 5) is 0. The van der Waals surface area contributed by atoms with Crippen LogP contribution in [-0.4, -0.2) is 28.5 Å². The van der Waals surface area contributed by atoms with Crippen molar-refractivity contribution in [2.75, 3.05) is 19.0 Å². The number of hydrogen-bond donors (Lipinski definition) is 2. The van der Waals surface area contributed by atoms with Crippen molar-refractivity contribution >= 4 is 16.6 Å². The number of benzene rings is 1. The predicted octanol–water partition coefficient (Wildman–Crippen LogP) is 1.46. The molecule has 4 heteroatoms. The molecule has 0 aliphatic rings. The molecule has 1 aromatic carbocycles. The van der Waals surface area contributed by atoms with Crippen LogP contribution < -0.4 is 5.32 Å². The molecule has 4 nitrogen and oxygen atoms in total. The molecule has 0 radical (unpaired) electrons. The Balaban J connectivity index is 2.38. The van der Waals surface area contributed by atoms with Gasteiger partial charge in [0.25, 0.3) is 0 Å². The van der Waals surface area contributed by atoms with Crippen molar-refractivity contribution in [3.05, 3.63) is 24.4 Å². The van der Waals surface area contributed by atoms with E-state index in [0.717, 1.165) is 29.6 Å². The third-order valence-electron chi connectivity index (χ3n) is 2.46. The zero-order valence-corrected chi connectivity index (χ0v) is 8.77. The van der Waals surface area contributed by atoms with E-state index in [4.69, 9.17) is 5.11 Å². The molecule has 2 N–H and O–H groups in total. The van der Waals surface area contributed by atoms with Gasteiger partial charge in [0, 0.05) is 31.3 Å². The summed E-state index contributed by atoms with van der Waals surface area (Å²) in [5.41, 5.74) is 2.18. The summed E-state index contributed by atoms with van der Waals surface area (Å²) in [6, 6.07) is 6.14. The number of nitrogens with one attached hydrogen (secondary N) is 1. The standard InChI is InChI=1S/C11H15N3O/c1-12-10-4-3-9-8-13-14(5-2-6-15)11(9)7-10/h3-4,7-8,12,15H,2,5-6H2,1H3. The van der Waals surface area contributed by atoms with E-state index in [1.54, 1.807) is 0 Å². The van der Waals surface area contributed by atoms with E-state index >= 15 is 0 Å². The molecule has 0 spiro atoms. The van der Waals surface area contributed by atoms with Gasteiger partial charge in [-0.25, -0.2) is 0 Å². The van der Waals surface area contributed by atoms with E-state index in [9.17, 15) is 0 Å². The Morgan fingerprint density at radius 3 is 3.07 bits per heavy atom. The summed E-state index contributed by atoms with van der Waals surface area (Å²) in [5, 5.41) is 17.3. The summed E-state index contributed by atoms with van der Waals surface area (Å²) in [6.07, 6.45) is 2.59. The van der Waals surface area contributed by atoms with Crippen molar-refractivity contribution < 1.29 is 5.11 Å². The van der Waals surface area contributed by atoms with Gasteiger partial charge in [0.2, 0.25) is 0 Å². The monoisotopic (exact) mass is 205 g/mol. The highest BCUT2D eigenvalue weighted by atomic mass is 16.3. The van der Waals surface area contributed by atoms with Crippen LogP contribution in [0, 0.1) is 0 Å². The number of aromatic nitrogens is 2. The van der Waals surface area contributed by atoms with Gasteiger partial charge in [-0.15, -0.1) is 0 Å². The van der Waals surface area contributed by atoms with Crippen LogP contribution in [0.2, 0.25) is 0 Å². The number of fused-ring (bicyclic) bond motifs is 1. The van der Waals surface area contributed by atoms with Gasteiger partial charge in [0.05, 0.1) is 11.7 Å². The lowest BCUT2D eigenvalue weighted by atomic mass is 10.2. The van der Waals surface area contributed by atoms with Crippen molar-refractivity contribution in [2.45, 2.75) is 13.0 Å². The molecule has 15 heavy (non-hydrogen) atoms. The molecular weight excluding hydrogens is 190 g/mol. The van der Waals surface area contributed by atoms with Crippen molar-refractivity contribution in [3.63, 3.8) is 0 Å². The van der Waals surface area contributed by atoms with Crippen LogP contribution in [0.3, 0.4) is 0 Å². The molecule has 0 unspecified atom stereocenters. The molecule has 2 aromatic rings. The molecule has 2 rings (SSSR count). The first-order valence-electron chi connectivity index (χ1n) is 5.09. The first-order valence-corrected chi connectivity index (χ1v) is 5.09. The van der Waals surface area contributed by atoms with Crippen LogP contribution in [0.15, 0.2) is 24.4 Å². The number of aryl methyl sites for hydroxylation is 1. The minimum atomic E-state index is 0.201. The Bertz CT molecular complexity index is 450. The normalized spacial score (nSPS) is 10.8. The zero-order chi connectivity index (χ0) is 10.7. The van der Waals surface area contributed by atoms with Gasteiger partial charge in [0.15, 0.2) is 0 Å². The summed E-state index contributed by atoms with van der Waals surface area (Å²) in [7, 11) is 1.90. The fraction of sp³-hybridized carbons (Fsp3) is 0.364. The smallest absolute Gasteiger partial charge is 0.0702 e. The molecule has 0 aliphatic heterocycles. The number of aliphatic hydroxyl groups excluding tert-OH is 1. The highest BCUT2D eigenvalue weighted by molar-refractivity contribution is 5.82. The third kappa shape index (κ3) is 1.94. The van der Waals surface area contributed by atoms with Crippen LogP contribution in [0.4, 0.5) is 5.69 Å². The van der Waals surface area contributed by atoms with E-state index < -0.39 is 0 Å². The highest BCUT2D eigenvalue weighted by Crippen LogP contribution is 2.18.